The fourth-order valence-electron chi connectivity index (χ4n) is 3.62. The number of carbonyl (C=O) groups excluding carboxylic acids is 2. The average molecular weight is 341 g/mol. The van der Waals surface area contributed by atoms with Gasteiger partial charge in [-0.1, -0.05) is 13.0 Å². The summed E-state index contributed by atoms with van der Waals surface area (Å²) in [5.74, 6) is 0.189. The molecule has 5 nitrogen and oxygen atoms in total. The standard InChI is InChI=1S/C20H27N3O2/c1-4-7-21-19(24)15-5-8-23(9-6-15)20(25)18-12-16-14(3)10-13(2)11-17(16)22-18/h10-12,15,22H,4-9H2,1-3H3,(H,21,24). The van der Waals surface area contributed by atoms with Gasteiger partial charge in [0.2, 0.25) is 5.91 Å². The number of aromatic amines is 1. The van der Waals surface area contributed by atoms with Gasteiger partial charge in [-0.3, -0.25) is 9.59 Å². The summed E-state index contributed by atoms with van der Waals surface area (Å²) in [6.45, 7) is 8.17. The normalized spacial score (nSPS) is 15.6. The minimum atomic E-state index is 0.0284. The quantitative estimate of drug-likeness (QED) is 0.897. The largest absolute Gasteiger partial charge is 0.356 e. The lowest BCUT2D eigenvalue weighted by Gasteiger charge is -2.31. The number of likely N-dealkylation sites (tertiary alicyclic amines) is 1. The number of amides is 2. The van der Waals surface area contributed by atoms with Crippen LogP contribution in [0.15, 0.2) is 18.2 Å². The molecule has 3 rings (SSSR count). The van der Waals surface area contributed by atoms with Gasteiger partial charge in [-0.2, -0.15) is 0 Å². The van der Waals surface area contributed by atoms with Gasteiger partial charge >= 0.3 is 0 Å². The molecule has 0 radical (unpaired) electrons. The van der Waals surface area contributed by atoms with Gasteiger partial charge in [-0.25, -0.2) is 0 Å². The highest BCUT2D eigenvalue weighted by Gasteiger charge is 2.28. The summed E-state index contributed by atoms with van der Waals surface area (Å²) in [7, 11) is 0. The summed E-state index contributed by atoms with van der Waals surface area (Å²) in [5, 5.41) is 4.06. The SMILES string of the molecule is CCCNC(=O)C1CCN(C(=O)c2cc3c(C)cc(C)cc3[nH]2)CC1. The summed E-state index contributed by atoms with van der Waals surface area (Å²) in [6, 6.07) is 6.15. The lowest BCUT2D eigenvalue weighted by atomic mass is 9.95. The summed E-state index contributed by atoms with van der Waals surface area (Å²) >= 11 is 0. The highest BCUT2D eigenvalue weighted by Crippen LogP contribution is 2.24. The van der Waals surface area contributed by atoms with Crippen LogP contribution in [0.25, 0.3) is 10.9 Å². The van der Waals surface area contributed by atoms with Crippen LogP contribution in [0, 0.1) is 19.8 Å². The van der Waals surface area contributed by atoms with Crippen molar-refractivity contribution >= 4 is 22.7 Å². The number of fused-ring (bicyclic) bond motifs is 1. The van der Waals surface area contributed by atoms with E-state index in [9.17, 15) is 9.59 Å². The van der Waals surface area contributed by atoms with Crippen molar-refractivity contribution in [1.29, 1.82) is 0 Å². The highest BCUT2D eigenvalue weighted by molar-refractivity contribution is 5.99. The van der Waals surface area contributed by atoms with E-state index in [1.807, 2.05) is 17.9 Å². The Bertz CT molecular complexity index is 786. The molecule has 0 saturated carbocycles. The van der Waals surface area contributed by atoms with Crippen molar-refractivity contribution in [2.45, 2.75) is 40.0 Å². The van der Waals surface area contributed by atoms with E-state index in [0.29, 0.717) is 18.8 Å². The van der Waals surface area contributed by atoms with Crippen molar-refractivity contribution in [1.82, 2.24) is 15.2 Å². The van der Waals surface area contributed by atoms with E-state index in [1.165, 1.54) is 11.1 Å². The molecule has 0 aliphatic carbocycles. The zero-order valence-corrected chi connectivity index (χ0v) is 15.3. The van der Waals surface area contributed by atoms with Gasteiger partial charge in [0.05, 0.1) is 0 Å². The molecule has 0 unspecified atom stereocenters. The Morgan fingerprint density at radius 2 is 1.92 bits per heavy atom. The fourth-order valence-corrected chi connectivity index (χ4v) is 3.62. The Balaban J connectivity index is 1.67. The second-order valence-electron chi connectivity index (χ2n) is 7.08. The van der Waals surface area contributed by atoms with E-state index in [2.05, 4.69) is 36.3 Å². The topological polar surface area (TPSA) is 65.2 Å². The molecule has 1 fully saturated rings. The third-order valence-corrected chi connectivity index (χ3v) is 5.02. The van der Waals surface area contributed by atoms with Crippen LogP contribution < -0.4 is 5.32 Å². The number of aryl methyl sites for hydroxylation is 2. The van der Waals surface area contributed by atoms with Gasteiger partial charge < -0.3 is 15.2 Å². The van der Waals surface area contributed by atoms with Crippen LogP contribution in [0.1, 0.15) is 47.8 Å². The van der Waals surface area contributed by atoms with Crippen LogP contribution in [-0.2, 0) is 4.79 Å². The third kappa shape index (κ3) is 3.70. The van der Waals surface area contributed by atoms with Crippen LogP contribution in [-0.4, -0.2) is 41.3 Å². The van der Waals surface area contributed by atoms with E-state index in [0.717, 1.165) is 36.7 Å². The third-order valence-electron chi connectivity index (χ3n) is 5.02. The van der Waals surface area contributed by atoms with E-state index in [-0.39, 0.29) is 17.7 Å². The first kappa shape index (κ1) is 17.5. The van der Waals surface area contributed by atoms with E-state index < -0.39 is 0 Å². The van der Waals surface area contributed by atoms with E-state index in [4.69, 9.17) is 0 Å². The van der Waals surface area contributed by atoms with Crippen molar-refractivity contribution in [2.75, 3.05) is 19.6 Å². The number of hydrogen-bond acceptors (Lipinski definition) is 2. The van der Waals surface area contributed by atoms with Gasteiger partial charge in [-0.15, -0.1) is 0 Å². The Hall–Kier alpha value is -2.30. The first-order chi connectivity index (χ1) is 12.0. The maximum Gasteiger partial charge on any atom is 0.270 e. The van der Waals surface area contributed by atoms with Crippen molar-refractivity contribution in [3.63, 3.8) is 0 Å². The van der Waals surface area contributed by atoms with Crippen molar-refractivity contribution in [3.8, 4) is 0 Å². The van der Waals surface area contributed by atoms with Crippen molar-refractivity contribution < 1.29 is 9.59 Å². The summed E-state index contributed by atoms with van der Waals surface area (Å²) in [6.07, 6.45) is 2.42. The second kappa shape index (κ2) is 7.30. The zero-order valence-electron chi connectivity index (χ0n) is 15.3. The maximum atomic E-state index is 12.8. The number of rotatable bonds is 4. The molecule has 0 spiro atoms. The van der Waals surface area contributed by atoms with Gasteiger partial charge in [0.1, 0.15) is 5.69 Å². The molecule has 0 atom stereocenters. The number of nitrogens with zero attached hydrogens (tertiary/aromatic N) is 1. The van der Waals surface area contributed by atoms with Crippen LogP contribution in [0.5, 0.6) is 0 Å². The highest BCUT2D eigenvalue weighted by atomic mass is 16.2. The van der Waals surface area contributed by atoms with Gasteiger partial charge in [0.15, 0.2) is 0 Å². The first-order valence-electron chi connectivity index (χ1n) is 9.16. The Morgan fingerprint density at radius 1 is 1.20 bits per heavy atom. The summed E-state index contributed by atoms with van der Waals surface area (Å²) in [4.78, 5) is 30.0. The molecule has 1 saturated heterocycles. The molecule has 1 aliphatic rings. The predicted octanol–water partition coefficient (Wildman–Crippen LogP) is 3.16. The molecule has 1 aromatic carbocycles. The molecular formula is C20H27N3O2. The fraction of sp³-hybridized carbons (Fsp3) is 0.500. The number of piperidine rings is 1. The monoisotopic (exact) mass is 341 g/mol. The molecule has 1 aromatic heterocycles. The summed E-state index contributed by atoms with van der Waals surface area (Å²) in [5.41, 5.74) is 4.01. The maximum absolute atomic E-state index is 12.8. The van der Waals surface area contributed by atoms with Crippen LogP contribution in [0.2, 0.25) is 0 Å². The number of aromatic nitrogens is 1. The number of hydrogen-bond donors (Lipinski definition) is 2. The van der Waals surface area contributed by atoms with E-state index in [1.54, 1.807) is 0 Å². The minimum Gasteiger partial charge on any atom is -0.356 e. The Kier molecular flexibility index (Phi) is 5.11. The zero-order chi connectivity index (χ0) is 18.0. The van der Waals surface area contributed by atoms with Crippen LogP contribution in [0.3, 0.4) is 0 Å². The molecule has 2 aromatic rings. The van der Waals surface area contributed by atoms with Crippen LogP contribution in [0.4, 0.5) is 0 Å². The molecule has 5 heteroatoms. The van der Waals surface area contributed by atoms with Crippen LogP contribution >= 0.6 is 0 Å². The number of carbonyl (C=O) groups is 2. The molecule has 2 N–H and O–H groups in total. The predicted molar refractivity (Wildman–Crippen MR) is 99.7 cm³/mol. The molecular weight excluding hydrogens is 314 g/mol. The molecule has 134 valence electrons. The van der Waals surface area contributed by atoms with Gasteiger partial charge in [-0.05, 0) is 56.4 Å². The van der Waals surface area contributed by atoms with E-state index >= 15 is 0 Å². The lowest BCUT2D eigenvalue weighted by molar-refractivity contribution is -0.126. The van der Waals surface area contributed by atoms with Crippen molar-refractivity contribution in [3.05, 3.63) is 35.0 Å². The Morgan fingerprint density at radius 3 is 2.60 bits per heavy atom. The van der Waals surface area contributed by atoms with Gasteiger partial charge in [0, 0.05) is 36.5 Å². The molecule has 25 heavy (non-hydrogen) atoms. The average Bonchev–Trinajstić information content (AvgIpc) is 3.03. The molecule has 1 aliphatic heterocycles. The first-order valence-corrected chi connectivity index (χ1v) is 9.16. The number of nitrogens with one attached hydrogen (secondary N) is 2. The molecule has 2 heterocycles. The van der Waals surface area contributed by atoms with Crippen molar-refractivity contribution in [2.24, 2.45) is 5.92 Å². The summed E-state index contributed by atoms with van der Waals surface area (Å²) < 4.78 is 0. The smallest absolute Gasteiger partial charge is 0.270 e. The minimum absolute atomic E-state index is 0.0284. The number of H-pyrrole nitrogens is 1. The molecule has 0 bridgehead atoms. The Labute approximate surface area is 148 Å². The number of benzene rings is 1. The molecule has 2 amide bonds. The van der Waals surface area contributed by atoms with Gasteiger partial charge in [0.25, 0.3) is 5.91 Å². The lowest BCUT2D eigenvalue weighted by Crippen LogP contribution is -2.43. The second-order valence-corrected chi connectivity index (χ2v) is 7.08.